The van der Waals surface area contributed by atoms with Crippen LogP contribution in [0.4, 0.5) is 0 Å². The molecule has 0 radical (unpaired) electrons. The fourth-order valence-electron chi connectivity index (χ4n) is 12.0. The Bertz CT molecular complexity index is 1430. The van der Waals surface area contributed by atoms with E-state index in [0.717, 1.165) is 38.5 Å². The van der Waals surface area contributed by atoms with Crippen LogP contribution in [0.25, 0.3) is 0 Å². The summed E-state index contributed by atoms with van der Waals surface area (Å²) in [4.78, 5) is 25.7. The first-order chi connectivity index (χ1) is 41.5. The number of hydrogen-bond donors (Lipinski definition) is 2. The number of nitrogens with zero attached hydrogens (tertiary/aromatic N) is 1. The summed E-state index contributed by atoms with van der Waals surface area (Å²) in [5.41, 5.74) is 0. The van der Waals surface area contributed by atoms with E-state index in [2.05, 4.69) is 31.3 Å². The molecule has 0 aromatic rings. The number of phosphoric ester groups is 1. The van der Waals surface area contributed by atoms with Gasteiger partial charge in [0.05, 0.1) is 39.9 Å². The third kappa shape index (κ3) is 70.3. The number of unbranched alkanes of at least 4 members (excludes halogenated alkanes) is 57. The van der Waals surface area contributed by atoms with Gasteiger partial charge in [-0.3, -0.25) is 9.36 Å². The summed E-state index contributed by atoms with van der Waals surface area (Å²) >= 11 is 0. The van der Waals surface area contributed by atoms with Crippen LogP contribution in [0.3, 0.4) is 0 Å². The molecule has 8 nitrogen and oxygen atoms in total. The van der Waals surface area contributed by atoms with E-state index >= 15 is 0 Å². The van der Waals surface area contributed by atoms with E-state index in [-0.39, 0.29) is 19.1 Å². The third-order valence-corrected chi connectivity index (χ3v) is 18.9. The van der Waals surface area contributed by atoms with E-state index in [9.17, 15) is 19.4 Å². The van der Waals surface area contributed by atoms with E-state index in [4.69, 9.17) is 9.05 Å². The Hall–Kier alpha value is -1.02. The first-order valence-electron chi connectivity index (χ1n) is 38.2. The van der Waals surface area contributed by atoms with Gasteiger partial charge in [0.25, 0.3) is 7.82 Å². The predicted molar refractivity (Wildman–Crippen MR) is 372 cm³/mol. The van der Waals surface area contributed by atoms with Crippen molar-refractivity contribution in [2.75, 3.05) is 40.9 Å². The number of carbonyl (C=O) groups is 1. The zero-order valence-electron chi connectivity index (χ0n) is 58.1. The second-order valence-corrected chi connectivity index (χ2v) is 29.1. The molecule has 0 heterocycles. The Morgan fingerprint density at radius 1 is 0.400 bits per heavy atom. The lowest BCUT2D eigenvalue weighted by molar-refractivity contribution is -0.870. The van der Waals surface area contributed by atoms with Crippen LogP contribution in [0.2, 0.25) is 0 Å². The molecule has 0 bridgehead atoms. The van der Waals surface area contributed by atoms with Gasteiger partial charge < -0.3 is 28.8 Å². The molecular weight excluding hydrogens is 1070 g/mol. The van der Waals surface area contributed by atoms with Gasteiger partial charge in [-0.1, -0.05) is 391 Å². The molecule has 0 rings (SSSR count). The van der Waals surface area contributed by atoms with Crippen LogP contribution in [0.5, 0.6) is 0 Å². The zero-order valence-corrected chi connectivity index (χ0v) is 59.0. The monoisotopic (exact) mass is 1220 g/mol. The standard InChI is InChI=1S/C76H151N2O6P/c1-6-8-10-12-14-16-18-20-22-24-26-28-30-32-34-35-36-37-38-39-40-41-42-44-46-48-50-52-54-56-58-60-62-64-66-68-70-76(80)77-74(73-84-85(81,82)83-72-71-78(3,4)5)75(79)69-67-65-63-61-59-57-55-53-51-49-47-45-43-33-31-29-27-25-23-21-19-17-15-13-11-9-7-2/h59,61,67,69,74-75,79H,6-58,60,62-66,68,70-73H2,1-5H3,(H-,77,80,81,82)/b61-59+,69-67+. The molecule has 0 aliphatic carbocycles. The van der Waals surface area contributed by atoms with Crippen molar-refractivity contribution in [2.24, 2.45) is 0 Å². The van der Waals surface area contributed by atoms with Crippen LogP contribution in [0, 0.1) is 0 Å². The van der Waals surface area contributed by atoms with Gasteiger partial charge >= 0.3 is 0 Å². The topological polar surface area (TPSA) is 108 Å². The predicted octanol–water partition coefficient (Wildman–Crippen LogP) is 24.0. The lowest BCUT2D eigenvalue weighted by Gasteiger charge is -2.29. The highest BCUT2D eigenvalue weighted by molar-refractivity contribution is 7.45. The number of amides is 1. The zero-order chi connectivity index (χ0) is 61.9. The molecule has 9 heteroatoms. The summed E-state index contributed by atoms with van der Waals surface area (Å²) in [6.07, 6.45) is 89.2. The first-order valence-corrected chi connectivity index (χ1v) is 39.7. The van der Waals surface area contributed by atoms with Gasteiger partial charge in [-0.05, 0) is 32.1 Å². The highest BCUT2D eigenvalue weighted by Gasteiger charge is 2.23. The molecule has 0 aliphatic heterocycles. The Morgan fingerprint density at radius 3 is 0.953 bits per heavy atom. The van der Waals surface area contributed by atoms with Gasteiger partial charge in [0.2, 0.25) is 5.91 Å². The Labute approximate surface area is 532 Å². The maximum absolute atomic E-state index is 13.1. The summed E-state index contributed by atoms with van der Waals surface area (Å²) in [7, 11) is 1.27. The first kappa shape index (κ1) is 84.0. The average Bonchev–Trinajstić information content (AvgIpc) is 3.49. The maximum Gasteiger partial charge on any atom is 0.268 e. The number of aliphatic hydroxyl groups excluding tert-OH is 1. The fourth-order valence-corrected chi connectivity index (χ4v) is 12.7. The van der Waals surface area contributed by atoms with Gasteiger partial charge in [-0.2, -0.15) is 0 Å². The van der Waals surface area contributed by atoms with E-state index in [1.165, 1.54) is 347 Å². The number of hydrogen-bond acceptors (Lipinski definition) is 6. The number of nitrogens with one attached hydrogen (secondary N) is 1. The minimum absolute atomic E-state index is 0.00332. The molecule has 506 valence electrons. The number of carbonyl (C=O) groups excluding carboxylic acids is 1. The molecule has 0 fully saturated rings. The third-order valence-electron chi connectivity index (χ3n) is 17.9. The molecule has 2 N–H and O–H groups in total. The molecular formula is C76H151N2O6P. The van der Waals surface area contributed by atoms with Crippen molar-refractivity contribution in [3.63, 3.8) is 0 Å². The number of quaternary nitrogens is 1. The van der Waals surface area contributed by atoms with Gasteiger partial charge in [-0.25, -0.2) is 0 Å². The lowest BCUT2D eigenvalue weighted by atomic mass is 10.0. The van der Waals surface area contributed by atoms with Crippen LogP contribution in [0.1, 0.15) is 406 Å². The number of rotatable bonds is 72. The van der Waals surface area contributed by atoms with Gasteiger partial charge in [0, 0.05) is 6.42 Å². The van der Waals surface area contributed by atoms with Crippen LogP contribution < -0.4 is 10.2 Å². The maximum atomic E-state index is 13.1. The summed E-state index contributed by atoms with van der Waals surface area (Å²) in [5, 5.41) is 14.0. The lowest BCUT2D eigenvalue weighted by Crippen LogP contribution is -2.45. The minimum atomic E-state index is -4.61. The van der Waals surface area contributed by atoms with Crippen LogP contribution in [-0.2, 0) is 18.4 Å². The van der Waals surface area contributed by atoms with Crippen molar-refractivity contribution in [2.45, 2.75) is 418 Å². The molecule has 0 aliphatic rings. The smallest absolute Gasteiger partial charge is 0.268 e. The number of phosphoric acid groups is 1. The van der Waals surface area contributed by atoms with Crippen molar-refractivity contribution in [3.05, 3.63) is 24.3 Å². The van der Waals surface area contributed by atoms with Gasteiger partial charge in [-0.15, -0.1) is 0 Å². The van der Waals surface area contributed by atoms with Crippen LogP contribution in [-0.4, -0.2) is 68.5 Å². The average molecular weight is 1220 g/mol. The van der Waals surface area contributed by atoms with Crippen molar-refractivity contribution >= 4 is 13.7 Å². The fraction of sp³-hybridized carbons (Fsp3) is 0.934. The second-order valence-electron chi connectivity index (χ2n) is 27.7. The molecule has 0 saturated carbocycles. The Kier molecular flexibility index (Phi) is 66.6. The van der Waals surface area contributed by atoms with Crippen molar-refractivity contribution < 1.29 is 32.9 Å². The normalized spacial score (nSPS) is 13.6. The molecule has 0 aromatic heterocycles. The summed E-state index contributed by atoms with van der Waals surface area (Å²) in [6.45, 7) is 4.70. The van der Waals surface area contributed by atoms with Crippen LogP contribution in [0.15, 0.2) is 24.3 Å². The Balaban J connectivity index is 3.97. The second kappa shape index (κ2) is 67.4. The largest absolute Gasteiger partial charge is 0.756 e. The van der Waals surface area contributed by atoms with E-state index in [1.54, 1.807) is 6.08 Å². The van der Waals surface area contributed by atoms with E-state index < -0.39 is 20.0 Å². The molecule has 0 saturated heterocycles. The van der Waals surface area contributed by atoms with Crippen molar-refractivity contribution in [3.8, 4) is 0 Å². The van der Waals surface area contributed by atoms with E-state index in [1.807, 2.05) is 27.2 Å². The summed E-state index contributed by atoms with van der Waals surface area (Å²) in [5.74, 6) is -0.197. The minimum Gasteiger partial charge on any atom is -0.756 e. The quantitative estimate of drug-likeness (QED) is 0.0272. The van der Waals surface area contributed by atoms with Crippen LogP contribution >= 0.6 is 7.82 Å². The molecule has 3 unspecified atom stereocenters. The number of aliphatic hydroxyl groups is 1. The summed E-state index contributed by atoms with van der Waals surface area (Å²) in [6, 6.07) is -0.902. The number of likely N-dealkylation sites (N-methyl/N-ethyl adjacent to an activating group) is 1. The van der Waals surface area contributed by atoms with E-state index in [0.29, 0.717) is 17.4 Å². The molecule has 1 amide bonds. The Morgan fingerprint density at radius 2 is 0.659 bits per heavy atom. The number of allylic oxidation sites excluding steroid dienone is 3. The summed E-state index contributed by atoms with van der Waals surface area (Å²) < 4.78 is 23.5. The molecule has 85 heavy (non-hydrogen) atoms. The molecule has 0 aromatic carbocycles. The van der Waals surface area contributed by atoms with Crippen molar-refractivity contribution in [1.29, 1.82) is 0 Å². The highest BCUT2D eigenvalue weighted by atomic mass is 31.2. The van der Waals surface area contributed by atoms with Gasteiger partial charge in [0.15, 0.2) is 0 Å². The molecule has 3 atom stereocenters. The SMILES string of the molecule is CCCCCCCCCCCCCCCCCCCCCCC/C=C/CC/C=C/C(O)C(COP(=O)([O-])OCC[N+](C)(C)C)NC(=O)CCCCCCCCCCCCCCCCCCCCCCCCCCCCCCCCCCCCCC. The molecule has 0 spiro atoms. The van der Waals surface area contributed by atoms with Crippen molar-refractivity contribution in [1.82, 2.24) is 5.32 Å². The van der Waals surface area contributed by atoms with Gasteiger partial charge in [0.1, 0.15) is 13.2 Å². The highest BCUT2D eigenvalue weighted by Crippen LogP contribution is 2.38.